The van der Waals surface area contributed by atoms with Gasteiger partial charge in [-0.15, -0.1) is 0 Å². The normalized spacial score (nSPS) is 20.3. The molecule has 2 heterocycles. The maximum atomic E-state index is 12.9. The van der Waals surface area contributed by atoms with Crippen LogP contribution in [0.2, 0.25) is 0 Å². The Bertz CT molecular complexity index is 1050. The number of likely N-dealkylation sites (tertiary alicyclic amines) is 1. The van der Waals surface area contributed by atoms with Crippen LogP contribution in [0.15, 0.2) is 42.5 Å². The van der Waals surface area contributed by atoms with Gasteiger partial charge in [0, 0.05) is 38.2 Å². The van der Waals surface area contributed by atoms with Gasteiger partial charge >= 0.3 is 6.09 Å². The van der Waals surface area contributed by atoms with E-state index in [0.717, 1.165) is 30.5 Å². The minimum atomic E-state index is -1.06. The SMILES string of the molecule is CC(=O)N1c2ccc(-c3ccc(C(=O)N4CCC[C@@H]4CN)cc3)cc2N(C(=O)O)C[C@@H]1C. The summed E-state index contributed by atoms with van der Waals surface area (Å²) in [6.07, 6.45) is 0.849. The second-order valence-electron chi connectivity index (χ2n) is 8.44. The first kappa shape index (κ1) is 21.8. The highest BCUT2D eigenvalue weighted by Gasteiger charge is 2.34. The molecule has 0 aromatic heterocycles. The highest BCUT2D eigenvalue weighted by molar-refractivity contribution is 6.03. The van der Waals surface area contributed by atoms with Crippen molar-refractivity contribution < 1.29 is 19.5 Å². The van der Waals surface area contributed by atoms with Crippen molar-refractivity contribution >= 4 is 29.3 Å². The number of carboxylic acid groups (broad SMARTS) is 1. The third-order valence-electron chi connectivity index (χ3n) is 6.36. The molecular weight excluding hydrogens is 408 g/mol. The number of hydrogen-bond donors (Lipinski definition) is 2. The number of rotatable bonds is 3. The molecule has 2 atom stereocenters. The molecule has 2 aromatic rings. The number of amides is 3. The molecule has 0 spiro atoms. The number of anilines is 2. The van der Waals surface area contributed by atoms with Crippen LogP contribution in [0.4, 0.5) is 16.2 Å². The minimum Gasteiger partial charge on any atom is -0.465 e. The van der Waals surface area contributed by atoms with Gasteiger partial charge < -0.3 is 20.6 Å². The molecule has 3 amide bonds. The van der Waals surface area contributed by atoms with Gasteiger partial charge in [0.1, 0.15) is 0 Å². The summed E-state index contributed by atoms with van der Waals surface area (Å²) in [5.74, 6) is -0.143. The fourth-order valence-electron chi connectivity index (χ4n) is 4.78. The Morgan fingerprint density at radius 2 is 1.75 bits per heavy atom. The predicted molar refractivity (Wildman–Crippen MR) is 123 cm³/mol. The van der Waals surface area contributed by atoms with E-state index >= 15 is 0 Å². The number of fused-ring (bicyclic) bond motifs is 1. The second-order valence-corrected chi connectivity index (χ2v) is 8.44. The van der Waals surface area contributed by atoms with Crippen LogP contribution in [0.25, 0.3) is 11.1 Å². The van der Waals surface area contributed by atoms with Crippen LogP contribution in [-0.4, -0.2) is 59.6 Å². The maximum Gasteiger partial charge on any atom is 0.411 e. The van der Waals surface area contributed by atoms with Crippen molar-refractivity contribution in [1.82, 2.24) is 4.90 Å². The molecule has 8 nitrogen and oxygen atoms in total. The smallest absolute Gasteiger partial charge is 0.411 e. The number of carbonyl (C=O) groups is 3. The first-order valence-corrected chi connectivity index (χ1v) is 10.9. The van der Waals surface area contributed by atoms with Crippen LogP contribution in [-0.2, 0) is 4.79 Å². The van der Waals surface area contributed by atoms with Gasteiger partial charge in [-0.25, -0.2) is 4.79 Å². The van der Waals surface area contributed by atoms with Crippen LogP contribution >= 0.6 is 0 Å². The van der Waals surface area contributed by atoms with Gasteiger partial charge in [0.15, 0.2) is 0 Å². The Balaban J connectivity index is 1.65. The fourth-order valence-corrected chi connectivity index (χ4v) is 4.78. The van der Waals surface area contributed by atoms with Gasteiger partial charge in [0.2, 0.25) is 5.91 Å². The molecule has 3 N–H and O–H groups in total. The monoisotopic (exact) mass is 436 g/mol. The summed E-state index contributed by atoms with van der Waals surface area (Å²) in [5.41, 5.74) is 9.14. The molecule has 2 aromatic carbocycles. The summed E-state index contributed by atoms with van der Waals surface area (Å²) in [6.45, 7) is 4.71. The maximum absolute atomic E-state index is 12.9. The number of carbonyl (C=O) groups excluding carboxylic acids is 2. The van der Waals surface area contributed by atoms with E-state index in [2.05, 4.69) is 0 Å². The lowest BCUT2D eigenvalue weighted by atomic mass is 9.99. The summed E-state index contributed by atoms with van der Waals surface area (Å²) in [7, 11) is 0. The lowest BCUT2D eigenvalue weighted by Gasteiger charge is -2.39. The number of nitrogens with two attached hydrogens (primary N) is 1. The zero-order valence-corrected chi connectivity index (χ0v) is 18.3. The fraction of sp³-hybridized carbons (Fsp3) is 0.375. The summed E-state index contributed by atoms with van der Waals surface area (Å²) < 4.78 is 0. The molecule has 4 rings (SSSR count). The first-order valence-electron chi connectivity index (χ1n) is 10.9. The summed E-state index contributed by atoms with van der Waals surface area (Å²) in [6, 6.07) is 12.6. The van der Waals surface area contributed by atoms with Crippen LogP contribution in [0.1, 0.15) is 37.0 Å². The van der Waals surface area contributed by atoms with E-state index in [1.54, 1.807) is 29.2 Å². The first-order chi connectivity index (χ1) is 15.3. The van der Waals surface area contributed by atoms with E-state index in [1.807, 2.05) is 30.0 Å². The lowest BCUT2D eigenvalue weighted by molar-refractivity contribution is -0.117. The van der Waals surface area contributed by atoms with Crippen LogP contribution in [0, 0.1) is 0 Å². The van der Waals surface area contributed by atoms with Gasteiger partial charge in [-0.05, 0) is 55.2 Å². The molecular formula is C24H28N4O4. The molecule has 0 aliphatic carbocycles. The number of hydrogen-bond acceptors (Lipinski definition) is 4. The molecule has 32 heavy (non-hydrogen) atoms. The molecule has 1 saturated heterocycles. The Kier molecular flexibility index (Phi) is 5.88. The molecule has 0 unspecified atom stereocenters. The van der Waals surface area contributed by atoms with Crippen molar-refractivity contribution in [2.75, 3.05) is 29.4 Å². The van der Waals surface area contributed by atoms with Crippen molar-refractivity contribution in [2.45, 2.75) is 38.8 Å². The van der Waals surface area contributed by atoms with Crippen molar-refractivity contribution in [1.29, 1.82) is 0 Å². The Labute approximate surface area is 187 Å². The number of nitrogens with zero attached hydrogens (tertiary/aromatic N) is 3. The van der Waals surface area contributed by atoms with Gasteiger partial charge in [-0.1, -0.05) is 18.2 Å². The molecule has 2 aliphatic rings. The number of benzene rings is 2. The van der Waals surface area contributed by atoms with Crippen LogP contribution < -0.4 is 15.5 Å². The molecule has 168 valence electrons. The summed E-state index contributed by atoms with van der Waals surface area (Å²) in [5, 5.41) is 9.70. The Morgan fingerprint density at radius 1 is 1.06 bits per heavy atom. The topological polar surface area (TPSA) is 107 Å². The van der Waals surface area contributed by atoms with E-state index in [-0.39, 0.29) is 30.4 Å². The molecule has 1 fully saturated rings. The second kappa shape index (κ2) is 8.63. The Hall–Kier alpha value is -3.39. The molecule has 2 aliphatic heterocycles. The largest absolute Gasteiger partial charge is 0.465 e. The highest BCUT2D eigenvalue weighted by Crippen LogP contribution is 2.39. The van der Waals surface area contributed by atoms with E-state index in [9.17, 15) is 19.5 Å². The molecule has 0 bridgehead atoms. The van der Waals surface area contributed by atoms with E-state index in [1.165, 1.54) is 11.8 Å². The van der Waals surface area contributed by atoms with Crippen molar-refractivity contribution in [3.05, 3.63) is 48.0 Å². The van der Waals surface area contributed by atoms with Crippen molar-refractivity contribution in [2.24, 2.45) is 5.73 Å². The van der Waals surface area contributed by atoms with E-state index in [0.29, 0.717) is 23.5 Å². The van der Waals surface area contributed by atoms with Gasteiger partial charge in [-0.2, -0.15) is 0 Å². The van der Waals surface area contributed by atoms with Gasteiger partial charge in [0.25, 0.3) is 5.91 Å². The zero-order valence-electron chi connectivity index (χ0n) is 18.3. The van der Waals surface area contributed by atoms with Gasteiger partial charge in [-0.3, -0.25) is 14.5 Å². The highest BCUT2D eigenvalue weighted by atomic mass is 16.4. The predicted octanol–water partition coefficient (Wildman–Crippen LogP) is 3.16. The van der Waals surface area contributed by atoms with E-state index in [4.69, 9.17) is 5.73 Å². The van der Waals surface area contributed by atoms with E-state index < -0.39 is 6.09 Å². The third-order valence-corrected chi connectivity index (χ3v) is 6.36. The van der Waals surface area contributed by atoms with Crippen molar-refractivity contribution in [3.8, 4) is 11.1 Å². The standard InChI is InChI=1S/C24H28N4O4/c1-15-14-27(24(31)32)22-12-19(9-10-21(22)28(15)16(2)29)17-5-7-18(8-6-17)23(30)26-11-3-4-20(26)13-25/h5-10,12,15,20H,3-4,11,13-14,25H2,1-2H3,(H,31,32)/t15-,20+/m0/s1. The molecule has 8 heteroatoms. The van der Waals surface area contributed by atoms with Crippen molar-refractivity contribution in [3.63, 3.8) is 0 Å². The zero-order chi connectivity index (χ0) is 23.0. The molecule has 0 radical (unpaired) electrons. The average Bonchev–Trinajstić information content (AvgIpc) is 3.26. The average molecular weight is 437 g/mol. The Morgan fingerprint density at radius 3 is 2.38 bits per heavy atom. The molecule has 0 saturated carbocycles. The van der Waals surface area contributed by atoms with Crippen LogP contribution in [0.3, 0.4) is 0 Å². The third kappa shape index (κ3) is 3.82. The summed E-state index contributed by atoms with van der Waals surface area (Å²) >= 11 is 0. The van der Waals surface area contributed by atoms with Crippen LogP contribution in [0.5, 0.6) is 0 Å². The van der Waals surface area contributed by atoms with Gasteiger partial charge in [0.05, 0.1) is 17.4 Å². The minimum absolute atomic E-state index is 0.0157. The lowest BCUT2D eigenvalue weighted by Crippen LogP contribution is -2.51. The summed E-state index contributed by atoms with van der Waals surface area (Å²) in [4.78, 5) is 41.6. The quantitative estimate of drug-likeness (QED) is 0.769.